The summed E-state index contributed by atoms with van der Waals surface area (Å²) in [7, 11) is 0. The molecule has 0 bridgehead atoms. The Labute approximate surface area is 156 Å². The first kappa shape index (κ1) is 18.2. The van der Waals surface area contributed by atoms with Crippen LogP contribution in [0.4, 0.5) is 11.5 Å². The molecule has 0 spiro atoms. The van der Waals surface area contributed by atoms with Crippen molar-refractivity contribution in [3.05, 3.63) is 72.3 Å². The van der Waals surface area contributed by atoms with Gasteiger partial charge in [0.05, 0.1) is 17.1 Å². The molecule has 0 saturated carbocycles. The van der Waals surface area contributed by atoms with E-state index in [9.17, 15) is 0 Å². The van der Waals surface area contributed by atoms with Gasteiger partial charge < -0.3 is 10.2 Å². The number of nitrogens with one attached hydrogen (secondary N) is 1. The summed E-state index contributed by atoms with van der Waals surface area (Å²) in [6, 6.07) is 12.5. The number of rotatable bonds is 5. The van der Waals surface area contributed by atoms with Crippen LogP contribution in [0.2, 0.25) is 0 Å². The second kappa shape index (κ2) is 7.73. The van der Waals surface area contributed by atoms with Gasteiger partial charge >= 0.3 is 0 Å². The Kier molecular flexibility index (Phi) is 5.40. The van der Waals surface area contributed by atoms with Crippen LogP contribution >= 0.6 is 0 Å². The number of pyridine rings is 1. The fourth-order valence-corrected chi connectivity index (χ4v) is 3.01. The minimum absolute atomic E-state index is 0.421. The zero-order chi connectivity index (χ0) is 18.7. The smallest absolute Gasteiger partial charge is 0.211 e. The van der Waals surface area contributed by atoms with Gasteiger partial charge in [-0.15, -0.1) is 0 Å². The Morgan fingerprint density at radius 2 is 1.69 bits per heavy atom. The monoisotopic (exact) mass is 346 g/mol. The summed E-state index contributed by atoms with van der Waals surface area (Å²) in [5, 5.41) is 2.92. The maximum absolute atomic E-state index is 5.02. The normalized spacial score (nSPS) is 14.4. The Balaban J connectivity index is 2.02. The summed E-state index contributed by atoms with van der Waals surface area (Å²) in [6.45, 7) is 13.9. The molecular formula is C22H26N4. The zero-order valence-electron chi connectivity index (χ0n) is 16.1. The predicted octanol–water partition coefficient (Wildman–Crippen LogP) is 5.35. The zero-order valence-corrected chi connectivity index (χ0v) is 16.1. The fourth-order valence-electron chi connectivity index (χ4n) is 3.01. The number of hydrogen-bond acceptors (Lipinski definition) is 4. The minimum atomic E-state index is 0.421. The third-order valence-electron chi connectivity index (χ3n) is 4.47. The number of nitrogens with zero attached hydrogens (tertiary/aromatic N) is 3. The number of aromatic nitrogens is 1. The Morgan fingerprint density at radius 1 is 1.04 bits per heavy atom. The largest absolute Gasteiger partial charge is 0.360 e. The molecule has 0 aliphatic carbocycles. The van der Waals surface area contributed by atoms with Crippen molar-refractivity contribution in [1.29, 1.82) is 0 Å². The molecule has 0 amide bonds. The van der Waals surface area contributed by atoms with Crippen molar-refractivity contribution in [3.8, 4) is 0 Å². The first-order chi connectivity index (χ1) is 12.5. The number of anilines is 1. The van der Waals surface area contributed by atoms with Gasteiger partial charge in [0.25, 0.3) is 0 Å². The molecule has 1 aromatic heterocycles. The van der Waals surface area contributed by atoms with Crippen LogP contribution in [0.15, 0.2) is 53.8 Å². The van der Waals surface area contributed by atoms with Gasteiger partial charge in [-0.1, -0.05) is 52.0 Å². The molecule has 0 atom stereocenters. The van der Waals surface area contributed by atoms with Crippen molar-refractivity contribution in [2.45, 2.75) is 46.5 Å². The maximum Gasteiger partial charge on any atom is 0.211 e. The summed E-state index contributed by atoms with van der Waals surface area (Å²) in [5.74, 6) is 1.66. The summed E-state index contributed by atoms with van der Waals surface area (Å²) in [6.07, 6.45) is 3.71. The topological polar surface area (TPSA) is 40.5 Å². The molecule has 2 aromatic rings. The highest BCUT2D eigenvalue weighted by Crippen LogP contribution is 2.35. The standard InChI is InChI=1S/C22H26N4/c1-15(2)18-8-6-9-19(16(3)4)22(18)24-17(5)20-10-7-11-21(25-20)26-13-12-23-14-26/h6-13,15-16,23H,1-5H3. The van der Waals surface area contributed by atoms with Gasteiger partial charge in [0.15, 0.2) is 0 Å². The van der Waals surface area contributed by atoms with E-state index in [4.69, 9.17) is 9.98 Å². The minimum Gasteiger partial charge on any atom is -0.360 e. The summed E-state index contributed by atoms with van der Waals surface area (Å²) < 4.78 is 0. The van der Waals surface area contributed by atoms with Crippen LogP contribution < -0.4 is 10.2 Å². The van der Waals surface area contributed by atoms with Crippen LogP contribution in [0.5, 0.6) is 0 Å². The molecule has 26 heavy (non-hydrogen) atoms. The highest BCUT2D eigenvalue weighted by molar-refractivity contribution is 5.99. The van der Waals surface area contributed by atoms with E-state index in [1.165, 1.54) is 11.1 Å². The molecule has 2 heterocycles. The summed E-state index contributed by atoms with van der Waals surface area (Å²) >= 11 is 0. The van der Waals surface area contributed by atoms with Gasteiger partial charge in [-0.3, -0.25) is 4.99 Å². The van der Waals surface area contributed by atoms with E-state index in [2.05, 4.69) is 57.9 Å². The van der Waals surface area contributed by atoms with Gasteiger partial charge in [0.2, 0.25) is 6.67 Å². The molecule has 4 nitrogen and oxygen atoms in total. The highest BCUT2D eigenvalue weighted by Gasteiger charge is 2.15. The Hall–Kier alpha value is -2.62. The van der Waals surface area contributed by atoms with Crippen LogP contribution in [0.25, 0.3) is 0 Å². The summed E-state index contributed by atoms with van der Waals surface area (Å²) in [5.41, 5.74) is 5.43. The van der Waals surface area contributed by atoms with E-state index in [-0.39, 0.29) is 0 Å². The Bertz CT molecular complexity index is 808. The van der Waals surface area contributed by atoms with E-state index in [1.807, 2.05) is 42.4 Å². The van der Waals surface area contributed by atoms with Crippen molar-refractivity contribution in [2.75, 3.05) is 4.90 Å². The Morgan fingerprint density at radius 3 is 2.27 bits per heavy atom. The third kappa shape index (κ3) is 3.79. The van der Waals surface area contributed by atoms with Crippen molar-refractivity contribution in [2.24, 2.45) is 4.99 Å². The molecule has 1 aliphatic rings. The van der Waals surface area contributed by atoms with Crippen molar-refractivity contribution < 1.29 is 0 Å². The molecule has 0 saturated heterocycles. The predicted molar refractivity (Wildman–Crippen MR) is 109 cm³/mol. The fraction of sp³-hybridized carbons (Fsp3) is 0.318. The lowest BCUT2D eigenvalue weighted by atomic mass is 9.93. The highest BCUT2D eigenvalue weighted by atomic mass is 15.3. The number of aliphatic imine (C=N–C) groups is 1. The second-order valence-electron chi connectivity index (χ2n) is 7.11. The molecular weight excluding hydrogens is 320 g/mol. The first-order valence-corrected chi connectivity index (χ1v) is 9.10. The molecule has 0 fully saturated rings. The quantitative estimate of drug-likeness (QED) is 0.742. The summed E-state index contributed by atoms with van der Waals surface area (Å²) in [4.78, 5) is 11.6. The van der Waals surface area contributed by atoms with Crippen LogP contribution in [0.1, 0.15) is 63.3 Å². The van der Waals surface area contributed by atoms with E-state index >= 15 is 0 Å². The first-order valence-electron chi connectivity index (χ1n) is 9.10. The average molecular weight is 346 g/mol. The molecule has 1 aromatic carbocycles. The van der Waals surface area contributed by atoms with Crippen LogP contribution in [-0.4, -0.2) is 10.7 Å². The molecule has 2 radical (unpaired) electrons. The van der Waals surface area contributed by atoms with Crippen LogP contribution in [-0.2, 0) is 0 Å². The maximum atomic E-state index is 5.02. The van der Waals surface area contributed by atoms with Crippen molar-refractivity contribution >= 4 is 17.2 Å². The lowest BCUT2D eigenvalue weighted by Gasteiger charge is -2.17. The average Bonchev–Trinajstić information content (AvgIpc) is 3.16. The third-order valence-corrected chi connectivity index (χ3v) is 4.47. The molecule has 4 heteroatoms. The van der Waals surface area contributed by atoms with Gasteiger partial charge in [-0.2, -0.15) is 0 Å². The van der Waals surface area contributed by atoms with E-state index in [0.717, 1.165) is 22.9 Å². The van der Waals surface area contributed by atoms with E-state index in [0.29, 0.717) is 11.8 Å². The SMILES string of the molecule is CC(=Nc1c(C(C)C)cccc1C(C)C)c1cccc(N2[C]NC=C2)n1. The van der Waals surface area contributed by atoms with E-state index in [1.54, 1.807) is 0 Å². The lowest BCUT2D eigenvalue weighted by Crippen LogP contribution is -2.15. The van der Waals surface area contributed by atoms with Crippen LogP contribution in [0.3, 0.4) is 0 Å². The number of para-hydroxylation sites is 1. The van der Waals surface area contributed by atoms with E-state index < -0.39 is 0 Å². The lowest BCUT2D eigenvalue weighted by molar-refractivity contribution is 0.834. The molecule has 1 N–H and O–H groups in total. The van der Waals surface area contributed by atoms with Gasteiger partial charge in [0, 0.05) is 12.4 Å². The molecule has 3 rings (SSSR count). The molecule has 0 unspecified atom stereocenters. The van der Waals surface area contributed by atoms with Crippen LogP contribution in [0, 0.1) is 6.67 Å². The molecule has 134 valence electrons. The van der Waals surface area contributed by atoms with Gasteiger partial charge in [0.1, 0.15) is 5.82 Å². The number of benzene rings is 1. The number of hydrogen-bond donors (Lipinski definition) is 1. The van der Waals surface area contributed by atoms with Crippen molar-refractivity contribution in [3.63, 3.8) is 0 Å². The van der Waals surface area contributed by atoms with Crippen molar-refractivity contribution in [1.82, 2.24) is 10.3 Å². The second-order valence-corrected chi connectivity index (χ2v) is 7.11. The molecule has 1 aliphatic heterocycles. The van der Waals surface area contributed by atoms with Gasteiger partial charge in [-0.05, 0) is 42.0 Å². The van der Waals surface area contributed by atoms with Gasteiger partial charge in [-0.25, -0.2) is 4.98 Å².